The molecule has 0 fully saturated rings. The number of amides is 2. The second-order valence-electron chi connectivity index (χ2n) is 13.5. The first kappa shape index (κ1) is 41.3. The van der Waals surface area contributed by atoms with E-state index in [-0.39, 0.29) is 44.2 Å². The molecule has 2 aliphatic rings. The van der Waals surface area contributed by atoms with Gasteiger partial charge in [0.2, 0.25) is 11.6 Å². The molecule has 18 nitrogen and oxygen atoms in total. The Balaban J connectivity index is 1.09. The Labute approximate surface area is 341 Å². The first-order chi connectivity index (χ1) is 28.2. The predicted octanol–water partition coefficient (Wildman–Crippen LogP) is 6.13. The summed E-state index contributed by atoms with van der Waals surface area (Å²) in [5, 5.41) is 14.0. The van der Waals surface area contributed by atoms with Crippen LogP contribution in [-0.4, -0.2) is 67.9 Å². The SMILES string of the molecule is Cc1ccc(C)c(N/N=C2\C(=O)c3ccc(NC(=O)Nc4ccc5c(c4)C=C(S(=O)(=O)O)/C(=N/Nc4ccc6cc(S(=O)(=O)O)ccc6c4)C5=O)cc3C=C2S(=O)(=O)O)c1. The van der Waals surface area contributed by atoms with Crippen LogP contribution in [0.2, 0.25) is 0 Å². The summed E-state index contributed by atoms with van der Waals surface area (Å²) >= 11 is 0. The summed E-state index contributed by atoms with van der Waals surface area (Å²) in [5.41, 5.74) is 6.70. The number of fused-ring (bicyclic) bond motifs is 3. The van der Waals surface area contributed by atoms with Crippen molar-refractivity contribution in [3.63, 3.8) is 0 Å². The number of carbonyl (C=O) groups excluding carboxylic acids is 3. The maximum atomic E-state index is 13.5. The minimum atomic E-state index is -5.04. The van der Waals surface area contributed by atoms with Crippen LogP contribution < -0.4 is 21.5 Å². The summed E-state index contributed by atoms with van der Waals surface area (Å²) in [7, 11) is -14.4. The van der Waals surface area contributed by atoms with Crippen molar-refractivity contribution < 1.29 is 53.3 Å². The van der Waals surface area contributed by atoms with E-state index in [1.807, 2.05) is 13.0 Å². The van der Waals surface area contributed by atoms with Gasteiger partial charge in [-0.1, -0.05) is 24.3 Å². The molecule has 306 valence electrons. The van der Waals surface area contributed by atoms with Gasteiger partial charge < -0.3 is 10.6 Å². The summed E-state index contributed by atoms with van der Waals surface area (Å²) in [4.78, 5) is 38.1. The van der Waals surface area contributed by atoms with Gasteiger partial charge in [-0.25, -0.2) is 4.79 Å². The third-order valence-electron chi connectivity index (χ3n) is 9.22. The molecule has 0 aliphatic heterocycles. The zero-order chi connectivity index (χ0) is 43.3. The molecule has 5 aromatic rings. The fraction of sp³-hybridized carbons (Fsp3) is 0.0513. The van der Waals surface area contributed by atoms with E-state index in [9.17, 15) is 53.3 Å². The standard InChI is InChI=1S/C39H30N6O12S3/c1-20-3-4-21(2)32(13-20)43-45-36-34(60(55,56)57)19-25-16-27(9-12-31(25)38(36)47)41-39(48)40-26-8-11-30-24(15-26)18-33(59(52,53)54)35(37(30)46)44-42-28-7-5-23-17-29(58(49,50)51)10-6-22(23)14-28/h3-19,42-43H,1-2H3,(H2,40,41,48)(H,49,50,51)(H,52,53,54)(H,55,56,57)/b44-35-,45-36-. The topological polar surface area (TPSA) is 287 Å². The molecule has 7 N–H and O–H groups in total. The smallest absolute Gasteiger partial charge is 0.308 e. The number of hydrogen-bond donors (Lipinski definition) is 7. The average molecular weight is 871 g/mol. The molecule has 0 spiro atoms. The van der Waals surface area contributed by atoms with Crippen LogP contribution in [-0.2, 0) is 30.4 Å². The van der Waals surface area contributed by atoms with Gasteiger partial charge in [0.05, 0.1) is 16.3 Å². The Morgan fingerprint density at radius 3 is 1.58 bits per heavy atom. The van der Waals surface area contributed by atoms with E-state index in [0.717, 1.165) is 23.3 Å². The van der Waals surface area contributed by atoms with Crippen molar-refractivity contribution >= 4 is 105 Å². The van der Waals surface area contributed by atoms with Gasteiger partial charge in [0.1, 0.15) is 9.81 Å². The summed E-state index contributed by atoms with van der Waals surface area (Å²) in [5.74, 6) is -1.70. The minimum absolute atomic E-state index is 0.00408. The van der Waals surface area contributed by atoms with Crippen LogP contribution in [0.5, 0.6) is 0 Å². The molecule has 0 heterocycles. The number of aryl methyl sites for hydroxylation is 2. The molecule has 21 heteroatoms. The predicted molar refractivity (Wildman–Crippen MR) is 225 cm³/mol. The summed E-state index contributed by atoms with van der Waals surface area (Å²) < 4.78 is 102. The van der Waals surface area contributed by atoms with Gasteiger partial charge >= 0.3 is 6.03 Å². The van der Waals surface area contributed by atoms with Gasteiger partial charge in [-0.15, -0.1) is 0 Å². The number of hydrogen-bond acceptors (Lipinski definition) is 13. The lowest BCUT2D eigenvalue weighted by atomic mass is 9.94. The van der Waals surface area contributed by atoms with Crippen LogP contribution in [0.25, 0.3) is 22.9 Å². The maximum Gasteiger partial charge on any atom is 0.323 e. The molecular formula is C39H30N6O12S3. The molecule has 0 saturated heterocycles. The normalized spacial score (nSPS) is 15.6. The number of benzene rings is 5. The lowest BCUT2D eigenvalue weighted by Gasteiger charge is -2.18. The molecule has 2 aliphatic carbocycles. The van der Waals surface area contributed by atoms with E-state index in [1.165, 1.54) is 72.8 Å². The quantitative estimate of drug-likeness (QED) is 0.0648. The number of Topliss-reactive ketones (excluding diaryl/α,β-unsaturated/α-hetero) is 2. The van der Waals surface area contributed by atoms with Gasteiger partial charge in [0.25, 0.3) is 30.4 Å². The number of anilines is 4. The van der Waals surface area contributed by atoms with Gasteiger partial charge in [-0.05, 0) is 126 Å². The highest BCUT2D eigenvalue weighted by molar-refractivity contribution is 7.91. The molecule has 0 radical (unpaired) electrons. The number of urea groups is 1. The molecule has 0 unspecified atom stereocenters. The molecule has 60 heavy (non-hydrogen) atoms. The van der Waals surface area contributed by atoms with E-state index in [2.05, 4.69) is 31.7 Å². The molecule has 0 atom stereocenters. The molecule has 2 amide bonds. The second-order valence-corrected chi connectivity index (χ2v) is 17.7. The van der Waals surface area contributed by atoms with Crippen LogP contribution >= 0.6 is 0 Å². The zero-order valence-electron chi connectivity index (χ0n) is 31.0. The maximum absolute atomic E-state index is 13.5. The number of ketones is 2. The fourth-order valence-corrected chi connectivity index (χ4v) is 8.11. The van der Waals surface area contributed by atoms with Gasteiger partial charge in [0.15, 0.2) is 11.4 Å². The number of hydrazone groups is 2. The molecule has 0 aromatic heterocycles. The van der Waals surface area contributed by atoms with Crippen molar-refractivity contribution in [2.75, 3.05) is 21.5 Å². The minimum Gasteiger partial charge on any atom is -0.308 e. The third kappa shape index (κ3) is 8.61. The van der Waals surface area contributed by atoms with Crippen LogP contribution in [0.15, 0.2) is 116 Å². The highest BCUT2D eigenvalue weighted by Gasteiger charge is 2.34. The van der Waals surface area contributed by atoms with Crippen LogP contribution in [0, 0.1) is 13.8 Å². The highest BCUT2D eigenvalue weighted by Crippen LogP contribution is 2.31. The Morgan fingerprint density at radius 1 is 0.550 bits per heavy atom. The van der Waals surface area contributed by atoms with E-state index in [4.69, 9.17) is 0 Å². The van der Waals surface area contributed by atoms with Gasteiger partial charge in [-0.3, -0.25) is 34.1 Å². The van der Waals surface area contributed by atoms with Gasteiger partial charge in [0, 0.05) is 22.5 Å². The third-order valence-corrected chi connectivity index (χ3v) is 11.8. The Hall–Kier alpha value is -6.88. The summed E-state index contributed by atoms with van der Waals surface area (Å²) in [6.45, 7) is 3.62. The molecule has 5 aromatic carbocycles. The average Bonchev–Trinajstić information content (AvgIpc) is 3.16. The van der Waals surface area contributed by atoms with E-state index in [1.54, 1.807) is 19.1 Å². The monoisotopic (exact) mass is 870 g/mol. The number of rotatable bonds is 9. The van der Waals surface area contributed by atoms with Crippen molar-refractivity contribution in [1.29, 1.82) is 0 Å². The van der Waals surface area contributed by atoms with E-state index in [0.29, 0.717) is 16.5 Å². The van der Waals surface area contributed by atoms with Crippen molar-refractivity contribution in [3.05, 3.63) is 134 Å². The Bertz CT molecular complexity index is 3210. The summed E-state index contributed by atoms with van der Waals surface area (Å²) in [6.07, 6.45) is 2.03. The van der Waals surface area contributed by atoms with Crippen molar-refractivity contribution in [3.8, 4) is 0 Å². The second kappa shape index (κ2) is 15.4. The number of allylic oxidation sites excluding steroid dienone is 2. The first-order valence-corrected chi connectivity index (χ1v) is 21.6. The highest BCUT2D eigenvalue weighted by atomic mass is 32.2. The lowest BCUT2D eigenvalue weighted by molar-refractivity contribution is 0.105. The molecule has 7 rings (SSSR count). The van der Waals surface area contributed by atoms with Crippen LogP contribution in [0.4, 0.5) is 27.5 Å². The molecule has 0 saturated carbocycles. The van der Waals surface area contributed by atoms with Gasteiger partial charge in [-0.2, -0.15) is 35.5 Å². The first-order valence-electron chi connectivity index (χ1n) is 17.3. The van der Waals surface area contributed by atoms with E-state index >= 15 is 0 Å². The molecular weight excluding hydrogens is 841 g/mol. The molecule has 0 bridgehead atoms. The summed E-state index contributed by atoms with van der Waals surface area (Å²) in [6, 6.07) is 20.8. The van der Waals surface area contributed by atoms with Crippen molar-refractivity contribution in [2.24, 2.45) is 10.2 Å². The van der Waals surface area contributed by atoms with Crippen molar-refractivity contribution in [2.45, 2.75) is 18.7 Å². The Kier molecular flexibility index (Phi) is 10.6. The number of nitrogens with one attached hydrogen (secondary N) is 4. The number of carbonyl (C=O) groups is 3. The lowest BCUT2D eigenvalue weighted by Crippen LogP contribution is -2.27. The fourth-order valence-electron chi connectivity index (χ4n) is 6.28. The van der Waals surface area contributed by atoms with Crippen LogP contribution in [0.3, 0.4) is 0 Å². The van der Waals surface area contributed by atoms with Crippen LogP contribution in [0.1, 0.15) is 43.0 Å². The van der Waals surface area contributed by atoms with E-state index < -0.39 is 69.2 Å². The van der Waals surface area contributed by atoms with Crippen molar-refractivity contribution in [1.82, 2.24) is 0 Å². The zero-order valence-corrected chi connectivity index (χ0v) is 33.4. The number of nitrogens with zero attached hydrogens (tertiary/aromatic N) is 2. The Morgan fingerprint density at radius 2 is 1.05 bits per heavy atom. The largest absolute Gasteiger partial charge is 0.323 e.